The molecule has 3 aliphatic rings. The van der Waals surface area contributed by atoms with Crippen LogP contribution in [0.4, 0.5) is 5.69 Å². The summed E-state index contributed by atoms with van der Waals surface area (Å²) in [5.74, 6) is 0.545. The predicted molar refractivity (Wildman–Crippen MR) is 123 cm³/mol. The van der Waals surface area contributed by atoms with Crippen molar-refractivity contribution in [2.75, 3.05) is 44.4 Å². The molecule has 8 nitrogen and oxygen atoms in total. The molecule has 3 fully saturated rings. The number of hydrogen-bond donors (Lipinski definition) is 2. The maximum Gasteiger partial charge on any atom is 0.237 e. The molecule has 2 bridgehead atoms. The summed E-state index contributed by atoms with van der Waals surface area (Å²) in [5.41, 5.74) is 2.22. The Labute approximate surface area is 185 Å². The van der Waals surface area contributed by atoms with Crippen LogP contribution >= 0.6 is 0 Å². The number of nitrogens with zero attached hydrogens (tertiary/aromatic N) is 3. The smallest absolute Gasteiger partial charge is 0.237 e. The van der Waals surface area contributed by atoms with Crippen molar-refractivity contribution in [3.05, 3.63) is 29.8 Å². The molecule has 0 spiro atoms. The van der Waals surface area contributed by atoms with E-state index in [0.29, 0.717) is 44.6 Å². The fourth-order valence-electron chi connectivity index (χ4n) is 5.12. The van der Waals surface area contributed by atoms with Gasteiger partial charge in [0.15, 0.2) is 0 Å². The second-order valence-electron chi connectivity index (χ2n) is 8.96. The summed E-state index contributed by atoms with van der Waals surface area (Å²) in [7, 11) is -1.39. The number of aliphatic imine (C=N–C) groups is 1. The fourth-order valence-corrected chi connectivity index (χ4v) is 5.95. The van der Waals surface area contributed by atoms with Gasteiger partial charge in [-0.3, -0.25) is 9.79 Å². The van der Waals surface area contributed by atoms with Gasteiger partial charge in [0.1, 0.15) is 0 Å². The number of piperidine rings is 1. The zero-order valence-electron chi connectivity index (χ0n) is 18.3. The van der Waals surface area contributed by atoms with Crippen LogP contribution in [0.3, 0.4) is 0 Å². The SMILES string of the molecule is CN=C[C@H](Cc1ccc(N2CCN(S(C)(=O)=O)CC2)cc1)NC(=O)[C@H]1N[C@@H]2CC[C@H]1C2. The Kier molecular flexibility index (Phi) is 6.64. The second kappa shape index (κ2) is 9.26. The van der Waals surface area contributed by atoms with Crippen molar-refractivity contribution in [1.82, 2.24) is 14.9 Å². The number of rotatable bonds is 7. The largest absolute Gasteiger partial charge is 0.369 e. The molecular formula is C22H33N5O3S. The molecule has 2 heterocycles. The molecule has 0 radical (unpaired) electrons. The van der Waals surface area contributed by atoms with Crippen molar-refractivity contribution < 1.29 is 13.2 Å². The lowest BCUT2D eigenvalue weighted by atomic mass is 9.98. The summed E-state index contributed by atoms with van der Waals surface area (Å²) in [6, 6.07) is 8.61. The predicted octanol–water partition coefficient (Wildman–Crippen LogP) is 0.637. The van der Waals surface area contributed by atoms with E-state index in [-0.39, 0.29) is 18.0 Å². The Morgan fingerprint density at radius 3 is 2.48 bits per heavy atom. The molecule has 2 aliphatic heterocycles. The number of nitrogens with one attached hydrogen (secondary N) is 2. The minimum absolute atomic E-state index is 0.0699. The number of anilines is 1. The van der Waals surface area contributed by atoms with E-state index in [1.54, 1.807) is 7.05 Å². The average Bonchev–Trinajstić information content (AvgIpc) is 3.38. The van der Waals surface area contributed by atoms with Crippen LogP contribution in [-0.4, -0.2) is 82.5 Å². The quantitative estimate of drug-likeness (QED) is 0.598. The van der Waals surface area contributed by atoms with E-state index in [4.69, 9.17) is 0 Å². The Balaban J connectivity index is 1.33. The topological polar surface area (TPSA) is 94.1 Å². The van der Waals surface area contributed by atoms with Crippen LogP contribution in [0, 0.1) is 5.92 Å². The highest BCUT2D eigenvalue weighted by Gasteiger charge is 2.42. The highest BCUT2D eigenvalue weighted by molar-refractivity contribution is 7.88. The first-order valence-corrected chi connectivity index (χ1v) is 13.0. The van der Waals surface area contributed by atoms with Crippen LogP contribution in [0.1, 0.15) is 24.8 Å². The lowest BCUT2D eigenvalue weighted by Crippen LogP contribution is -2.51. The number of fused-ring (bicyclic) bond motifs is 2. The number of piperazine rings is 1. The number of hydrogen-bond acceptors (Lipinski definition) is 6. The number of amides is 1. The van der Waals surface area contributed by atoms with Crippen LogP contribution in [0.2, 0.25) is 0 Å². The molecule has 1 aromatic carbocycles. The van der Waals surface area contributed by atoms with Gasteiger partial charge in [-0.1, -0.05) is 12.1 Å². The molecule has 2 N–H and O–H groups in total. The molecule has 1 amide bonds. The molecule has 1 aromatic rings. The Morgan fingerprint density at radius 1 is 1.23 bits per heavy atom. The number of benzene rings is 1. The van der Waals surface area contributed by atoms with E-state index in [0.717, 1.165) is 24.1 Å². The molecule has 31 heavy (non-hydrogen) atoms. The number of carbonyl (C=O) groups is 1. The van der Waals surface area contributed by atoms with Gasteiger partial charge >= 0.3 is 0 Å². The first kappa shape index (κ1) is 22.2. The van der Waals surface area contributed by atoms with E-state index < -0.39 is 10.0 Å². The summed E-state index contributed by atoms with van der Waals surface area (Å²) in [6.45, 7) is 2.39. The molecule has 2 saturated heterocycles. The summed E-state index contributed by atoms with van der Waals surface area (Å²) < 4.78 is 24.9. The molecule has 4 atom stereocenters. The summed E-state index contributed by atoms with van der Waals surface area (Å²) in [4.78, 5) is 19.1. The van der Waals surface area contributed by atoms with Crippen molar-refractivity contribution in [2.24, 2.45) is 10.9 Å². The minimum Gasteiger partial charge on any atom is -0.369 e. The van der Waals surface area contributed by atoms with Crippen molar-refractivity contribution in [1.29, 1.82) is 0 Å². The number of carbonyl (C=O) groups excluding carboxylic acids is 1. The van der Waals surface area contributed by atoms with Gasteiger partial charge in [-0.25, -0.2) is 8.42 Å². The normalized spacial score (nSPS) is 27.7. The lowest BCUT2D eigenvalue weighted by Gasteiger charge is -2.34. The van der Waals surface area contributed by atoms with E-state index in [1.165, 1.54) is 17.0 Å². The maximum absolute atomic E-state index is 12.8. The van der Waals surface area contributed by atoms with Crippen molar-refractivity contribution >= 4 is 27.8 Å². The maximum atomic E-state index is 12.8. The van der Waals surface area contributed by atoms with Crippen LogP contribution < -0.4 is 15.5 Å². The van der Waals surface area contributed by atoms with Gasteiger partial charge in [-0.15, -0.1) is 0 Å². The zero-order chi connectivity index (χ0) is 22.0. The third kappa shape index (κ3) is 5.27. The Morgan fingerprint density at radius 2 is 1.94 bits per heavy atom. The minimum atomic E-state index is -3.12. The van der Waals surface area contributed by atoms with E-state index in [2.05, 4.69) is 44.8 Å². The van der Waals surface area contributed by atoms with E-state index in [1.807, 2.05) is 6.21 Å². The lowest BCUT2D eigenvalue weighted by molar-refractivity contribution is -0.124. The Bertz CT molecular complexity index is 910. The molecule has 1 saturated carbocycles. The van der Waals surface area contributed by atoms with Gasteiger partial charge in [0.25, 0.3) is 0 Å². The first-order chi connectivity index (χ1) is 14.8. The Hall–Kier alpha value is -1.97. The highest BCUT2D eigenvalue weighted by Crippen LogP contribution is 2.35. The van der Waals surface area contributed by atoms with Gasteiger partial charge in [-0.2, -0.15) is 4.31 Å². The van der Waals surface area contributed by atoms with Gasteiger partial charge in [-0.05, 0) is 49.3 Å². The molecule has 0 unspecified atom stereocenters. The zero-order valence-corrected chi connectivity index (χ0v) is 19.1. The average molecular weight is 448 g/mol. The van der Waals surface area contributed by atoms with Gasteiger partial charge < -0.3 is 15.5 Å². The molecule has 0 aromatic heterocycles. The third-order valence-corrected chi connectivity index (χ3v) is 8.07. The van der Waals surface area contributed by atoms with Crippen molar-refractivity contribution in [3.63, 3.8) is 0 Å². The summed E-state index contributed by atoms with van der Waals surface area (Å²) in [5, 5.41) is 6.62. The highest BCUT2D eigenvalue weighted by atomic mass is 32.2. The van der Waals surface area contributed by atoms with Crippen LogP contribution in [-0.2, 0) is 21.2 Å². The molecule has 4 rings (SSSR count). The van der Waals surface area contributed by atoms with Crippen LogP contribution in [0.25, 0.3) is 0 Å². The van der Waals surface area contributed by atoms with E-state index in [9.17, 15) is 13.2 Å². The standard InChI is InChI=1S/C22H33N5O3S/c1-23-15-19(25-22(28)21-17-5-6-18(14-17)24-21)13-16-3-7-20(8-4-16)26-9-11-27(12-10-26)31(2,29)30/h3-4,7-8,15,17-19,21,24H,5-6,9-14H2,1-2H3,(H,25,28)/t17-,18+,19-,21-/m0/s1. The third-order valence-electron chi connectivity index (χ3n) is 6.76. The van der Waals surface area contributed by atoms with Crippen molar-refractivity contribution in [2.45, 2.75) is 43.8 Å². The second-order valence-corrected chi connectivity index (χ2v) is 10.9. The van der Waals surface area contributed by atoms with Crippen LogP contribution in [0.5, 0.6) is 0 Å². The molecule has 9 heteroatoms. The van der Waals surface area contributed by atoms with Crippen LogP contribution in [0.15, 0.2) is 29.3 Å². The van der Waals surface area contributed by atoms with Gasteiger partial charge in [0.05, 0.1) is 18.3 Å². The monoisotopic (exact) mass is 447 g/mol. The molecule has 1 aliphatic carbocycles. The van der Waals surface area contributed by atoms with E-state index >= 15 is 0 Å². The number of sulfonamides is 1. The summed E-state index contributed by atoms with van der Waals surface area (Å²) >= 11 is 0. The van der Waals surface area contributed by atoms with Gasteiger partial charge in [0.2, 0.25) is 15.9 Å². The summed E-state index contributed by atoms with van der Waals surface area (Å²) in [6.07, 6.45) is 7.20. The fraction of sp³-hybridized carbons (Fsp3) is 0.636. The first-order valence-electron chi connectivity index (χ1n) is 11.1. The van der Waals surface area contributed by atoms with Gasteiger partial charge in [0, 0.05) is 51.2 Å². The van der Waals surface area contributed by atoms with Crippen molar-refractivity contribution in [3.8, 4) is 0 Å². The molecular weight excluding hydrogens is 414 g/mol. The molecule has 170 valence electrons.